The standard InChI is InChI=1S/C24H25N3O2/c28-23-18-9-2-3-10-19(18)24(29)27(23)15-7-14-26-13-6-5-12-22(26)21-16-17-8-1-4-11-20(17)25-21/h1-4,8-11,16,22,25H,5-7,12-15H2. The maximum Gasteiger partial charge on any atom is 0.261 e. The number of para-hydroxylation sites is 1. The summed E-state index contributed by atoms with van der Waals surface area (Å²) in [5, 5.41) is 1.25. The third kappa shape index (κ3) is 3.25. The van der Waals surface area contributed by atoms with Crippen LogP contribution in [-0.4, -0.2) is 46.2 Å². The van der Waals surface area contributed by atoms with Crippen molar-refractivity contribution >= 4 is 22.7 Å². The van der Waals surface area contributed by atoms with Gasteiger partial charge in [-0.3, -0.25) is 19.4 Å². The van der Waals surface area contributed by atoms with Crippen molar-refractivity contribution in [1.29, 1.82) is 0 Å². The van der Waals surface area contributed by atoms with E-state index in [0.29, 0.717) is 23.7 Å². The Morgan fingerprint density at radius 1 is 0.897 bits per heavy atom. The summed E-state index contributed by atoms with van der Waals surface area (Å²) in [7, 11) is 0. The van der Waals surface area contributed by atoms with Crippen LogP contribution < -0.4 is 0 Å². The van der Waals surface area contributed by atoms with Gasteiger partial charge in [-0.2, -0.15) is 0 Å². The average Bonchev–Trinajstić information content (AvgIpc) is 3.29. The fraction of sp³-hybridized carbons (Fsp3) is 0.333. The zero-order valence-electron chi connectivity index (χ0n) is 16.4. The lowest BCUT2D eigenvalue weighted by Gasteiger charge is -2.35. The molecule has 2 aromatic carbocycles. The summed E-state index contributed by atoms with van der Waals surface area (Å²) in [4.78, 5) is 32.6. The van der Waals surface area contributed by atoms with Gasteiger partial charge in [0.05, 0.1) is 11.1 Å². The predicted octanol–water partition coefficient (Wildman–Crippen LogP) is 4.38. The normalized spacial score (nSPS) is 19.9. The molecule has 1 saturated heterocycles. The number of piperidine rings is 1. The van der Waals surface area contributed by atoms with Gasteiger partial charge in [0.2, 0.25) is 0 Å². The molecule has 5 heteroatoms. The molecule has 0 bridgehead atoms. The average molecular weight is 387 g/mol. The highest BCUT2D eigenvalue weighted by atomic mass is 16.2. The van der Waals surface area contributed by atoms with Gasteiger partial charge in [-0.1, -0.05) is 36.8 Å². The smallest absolute Gasteiger partial charge is 0.261 e. The van der Waals surface area contributed by atoms with Crippen LogP contribution in [0.25, 0.3) is 10.9 Å². The molecule has 1 atom stereocenters. The minimum absolute atomic E-state index is 0.156. The molecule has 5 rings (SSSR count). The van der Waals surface area contributed by atoms with Crippen LogP contribution in [0.4, 0.5) is 0 Å². The van der Waals surface area contributed by atoms with Gasteiger partial charge in [-0.25, -0.2) is 0 Å². The van der Waals surface area contributed by atoms with Crippen LogP contribution in [0.3, 0.4) is 0 Å². The number of likely N-dealkylation sites (tertiary alicyclic amines) is 1. The van der Waals surface area contributed by atoms with Gasteiger partial charge in [0, 0.05) is 30.3 Å². The lowest BCUT2D eigenvalue weighted by molar-refractivity contribution is 0.0638. The molecule has 5 nitrogen and oxygen atoms in total. The van der Waals surface area contributed by atoms with Crippen molar-refractivity contribution in [3.05, 3.63) is 71.4 Å². The number of nitrogens with zero attached hydrogens (tertiary/aromatic N) is 2. The summed E-state index contributed by atoms with van der Waals surface area (Å²) in [6, 6.07) is 18.1. The highest BCUT2D eigenvalue weighted by Crippen LogP contribution is 2.32. The Labute approximate surface area is 170 Å². The van der Waals surface area contributed by atoms with Gasteiger partial charge in [-0.05, 0) is 55.5 Å². The monoisotopic (exact) mass is 387 g/mol. The third-order valence-corrected chi connectivity index (χ3v) is 6.23. The van der Waals surface area contributed by atoms with Crippen molar-refractivity contribution in [1.82, 2.24) is 14.8 Å². The summed E-state index contributed by atoms with van der Waals surface area (Å²) in [5.41, 5.74) is 3.52. The number of hydrogen-bond acceptors (Lipinski definition) is 3. The molecule has 1 unspecified atom stereocenters. The molecule has 2 aliphatic heterocycles. The van der Waals surface area contributed by atoms with Crippen molar-refractivity contribution in [3.63, 3.8) is 0 Å². The van der Waals surface area contributed by atoms with E-state index in [1.54, 1.807) is 12.1 Å². The number of nitrogens with one attached hydrogen (secondary N) is 1. The number of hydrogen-bond donors (Lipinski definition) is 1. The van der Waals surface area contributed by atoms with Gasteiger partial charge in [0.1, 0.15) is 0 Å². The Bertz CT molecular complexity index is 1000. The summed E-state index contributed by atoms with van der Waals surface area (Å²) < 4.78 is 0. The number of carbonyl (C=O) groups is 2. The molecule has 2 aliphatic rings. The van der Waals surface area contributed by atoms with Gasteiger partial charge in [0.15, 0.2) is 0 Å². The second kappa shape index (κ2) is 7.48. The minimum atomic E-state index is -0.156. The fourth-order valence-corrected chi connectivity index (χ4v) is 4.76. The number of imide groups is 1. The first kappa shape index (κ1) is 18.1. The minimum Gasteiger partial charge on any atom is -0.357 e. The van der Waals surface area contributed by atoms with Crippen molar-refractivity contribution in [2.24, 2.45) is 0 Å². The molecule has 148 valence electrons. The van der Waals surface area contributed by atoms with E-state index in [0.717, 1.165) is 25.9 Å². The number of aromatic nitrogens is 1. The van der Waals surface area contributed by atoms with E-state index in [2.05, 4.69) is 40.2 Å². The number of carbonyl (C=O) groups excluding carboxylic acids is 2. The van der Waals surface area contributed by atoms with E-state index in [1.807, 2.05) is 12.1 Å². The molecule has 1 N–H and O–H groups in total. The molecule has 1 aromatic heterocycles. The first-order valence-electron chi connectivity index (χ1n) is 10.5. The highest BCUT2D eigenvalue weighted by molar-refractivity contribution is 6.21. The molecule has 1 fully saturated rings. The molecule has 3 heterocycles. The summed E-state index contributed by atoms with van der Waals surface area (Å²) in [6.45, 7) is 2.41. The fourth-order valence-electron chi connectivity index (χ4n) is 4.76. The lowest BCUT2D eigenvalue weighted by Crippen LogP contribution is -2.37. The molecule has 29 heavy (non-hydrogen) atoms. The van der Waals surface area contributed by atoms with Gasteiger partial charge in [-0.15, -0.1) is 0 Å². The van der Waals surface area contributed by atoms with Crippen LogP contribution in [0.2, 0.25) is 0 Å². The van der Waals surface area contributed by atoms with Crippen LogP contribution in [0.5, 0.6) is 0 Å². The lowest BCUT2D eigenvalue weighted by atomic mass is 9.99. The van der Waals surface area contributed by atoms with Crippen LogP contribution in [0.15, 0.2) is 54.6 Å². The Hall–Kier alpha value is -2.92. The maximum absolute atomic E-state index is 12.6. The van der Waals surface area contributed by atoms with E-state index in [9.17, 15) is 9.59 Å². The third-order valence-electron chi connectivity index (χ3n) is 6.23. The number of H-pyrrole nitrogens is 1. The van der Waals surface area contributed by atoms with E-state index >= 15 is 0 Å². The van der Waals surface area contributed by atoms with E-state index < -0.39 is 0 Å². The highest BCUT2D eigenvalue weighted by Gasteiger charge is 2.35. The zero-order valence-corrected chi connectivity index (χ0v) is 16.4. The van der Waals surface area contributed by atoms with Gasteiger partial charge < -0.3 is 4.98 Å². The molecule has 2 amide bonds. The van der Waals surface area contributed by atoms with Crippen LogP contribution in [-0.2, 0) is 0 Å². The molecular weight excluding hydrogens is 362 g/mol. The van der Waals surface area contributed by atoms with Crippen LogP contribution in [0.1, 0.15) is 58.1 Å². The van der Waals surface area contributed by atoms with Gasteiger partial charge >= 0.3 is 0 Å². The number of benzene rings is 2. The Kier molecular flexibility index (Phi) is 4.68. The SMILES string of the molecule is O=C1c2ccccc2C(=O)N1CCCN1CCCCC1c1cc2ccccc2[nH]1. The first-order valence-corrected chi connectivity index (χ1v) is 10.5. The Balaban J connectivity index is 1.26. The van der Waals surface area contributed by atoms with Crippen molar-refractivity contribution in [3.8, 4) is 0 Å². The summed E-state index contributed by atoms with van der Waals surface area (Å²) in [6.07, 6.45) is 4.36. The zero-order chi connectivity index (χ0) is 19.8. The van der Waals surface area contributed by atoms with E-state index in [-0.39, 0.29) is 11.8 Å². The second-order valence-electron chi connectivity index (χ2n) is 8.02. The van der Waals surface area contributed by atoms with Crippen molar-refractivity contribution in [2.45, 2.75) is 31.7 Å². The summed E-state index contributed by atoms with van der Waals surface area (Å²) >= 11 is 0. The molecule has 0 spiro atoms. The number of fused-ring (bicyclic) bond motifs is 2. The topological polar surface area (TPSA) is 56.4 Å². The van der Waals surface area contributed by atoms with Crippen molar-refractivity contribution < 1.29 is 9.59 Å². The molecule has 0 saturated carbocycles. The first-order chi connectivity index (χ1) is 14.2. The van der Waals surface area contributed by atoms with Crippen molar-refractivity contribution in [2.75, 3.05) is 19.6 Å². The second-order valence-corrected chi connectivity index (χ2v) is 8.02. The summed E-state index contributed by atoms with van der Waals surface area (Å²) in [5.74, 6) is -0.312. The van der Waals surface area contributed by atoms with E-state index in [4.69, 9.17) is 0 Å². The van der Waals surface area contributed by atoms with Crippen LogP contribution in [0, 0.1) is 0 Å². The largest absolute Gasteiger partial charge is 0.357 e. The van der Waals surface area contributed by atoms with E-state index in [1.165, 1.54) is 34.3 Å². The number of rotatable bonds is 5. The molecule has 3 aromatic rings. The Morgan fingerprint density at radius 2 is 1.62 bits per heavy atom. The number of aromatic amines is 1. The Morgan fingerprint density at radius 3 is 2.38 bits per heavy atom. The van der Waals surface area contributed by atoms with Crippen LogP contribution >= 0.6 is 0 Å². The van der Waals surface area contributed by atoms with Gasteiger partial charge in [0.25, 0.3) is 11.8 Å². The molecular formula is C24H25N3O2. The maximum atomic E-state index is 12.6. The number of amides is 2. The quantitative estimate of drug-likeness (QED) is 0.661. The molecule has 0 radical (unpaired) electrons. The predicted molar refractivity (Wildman–Crippen MR) is 113 cm³/mol. The molecule has 0 aliphatic carbocycles.